The summed E-state index contributed by atoms with van der Waals surface area (Å²) in [4.78, 5) is 2.72. The molecule has 0 spiro atoms. The Balaban J connectivity index is -0.000000563. The van der Waals surface area contributed by atoms with Crippen LogP contribution in [0.1, 0.15) is 60.5 Å². The summed E-state index contributed by atoms with van der Waals surface area (Å²) < 4.78 is 22.5. The van der Waals surface area contributed by atoms with E-state index in [0.717, 1.165) is 55.4 Å². The lowest BCUT2D eigenvalue weighted by atomic mass is 9.72. The predicted octanol–water partition coefficient (Wildman–Crippen LogP) is 0.0141. The van der Waals surface area contributed by atoms with Crippen molar-refractivity contribution in [2.45, 2.75) is 51.1 Å². The van der Waals surface area contributed by atoms with Gasteiger partial charge in [-0.15, -0.1) is 24.8 Å². The molecule has 0 radical (unpaired) electrons. The summed E-state index contributed by atoms with van der Waals surface area (Å²) in [7, 11) is 6.90. The number of halogens is 2. The van der Waals surface area contributed by atoms with Crippen molar-refractivity contribution < 1.29 is 57.3 Å². The van der Waals surface area contributed by atoms with E-state index < -0.39 is 0 Å². The maximum Gasteiger partial charge on any atom is 0.161 e. The molecule has 0 aromatic heterocycles. The number of hydrogen-bond acceptors (Lipinski definition) is 6. The van der Waals surface area contributed by atoms with Gasteiger partial charge in [-0.2, -0.15) is 0 Å². The number of methoxy groups -OCH3 is 4. The number of nitrogens with zero attached hydrogens (tertiary/aromatic N) is 1. The van der Waals surface area contributed by atoms with Gasteiger partial charge in [-0.25, -0.2) is 0 Å². The second kappa shape index (κ2) is 22.4. The Labute approximate surface area is 272 Å². The fourth-order valence-corrected chi connectivity index (χ4v) is 6.74. The second-order valence-corrected chi connectivity index (χ2v) is 10.2. The molecule has 0 bridgehead atoms. The van der Waals surface area contributed by atoms with Crippen LogP contribution < -0.4 is 24.3 Å². The van der Waals surface area contributed by atoms with Crippen molar-refractivity contribution in [2.24, 2.45) is 11.8 Å². The van der Waals surface area contributed by atoms with Gasteiger partial charge in [0.05, 0.1) is 28.4 Å². The van der Waals surface area contributed by atoms with Crippen molar-refractivity contribution in [3.8, 4) is 23.0 Å². The van der Waals surface area contributed by atoms with Crippen LogP contribution in [-0.2, 0) is 12.8 Å². The molecule has 15 heteroatoms. The second-order valence-electron chi connectivity index (χ2n) is 10.2. The van der Waals surface area contributed by atoms with Crippen molar-refractivity contribution in [1.29, 1.82) is 0 Å². The van der Waals surface area contributed by atoms with Crippen molar-refractivity contribution >= 4 is 24.8 Å². The zero-order valence-electron chi connectivity index (χ0n) is 26.2. The molecule has 5 rings (SSSR count). The third kappa shape index (κ3) is 9.68. The maximum atomic E-state index is 5.68. The number of benzene rings is 2. The zero-order chi connectivity index (χ0) is 24.5. The molecule has 0 saturated carbocycles. The molecule has 3 aliphatic rings. The van der Waals surface area contributed by atoms with Gasteiger partial charge < -0.3 is 62.6 Å². The molecule has 13 nitrogen and oxygen atoms in total. The van der Waals surface area contributed by atoms with E-state index in [4.69, 9.17) is 18.9 Å². The van der Waals surface area contributed by atoms with Gasteiger partial charge in [0.2, 0.25) is 0 Å². The number of piperidine rings is 1. The topological polar surface area (TPSA) is 273 Å². The lowest BCUT2D eigenvalue weighted by molar-refractivity contribution is 0.0434. The molecule has 3 heterocycles. The Bertz CT molecular complexity index is 1080. The fourth-order valence-electron chi connectivity index (χ4n) is 6.74. The molecule has 15 N–H and O–H groups in total. The van der Waals surface area contributed by atoms with E-state index in [-0.39, 0.29) is 63.1 Å². The minimum absolute atomic E-state index is 0. The molecular formula is C29H56Cl2N2O11. The molecule has 1 saturated heterocycles. The van der Waals surface area contributed by atoms with Gasteiger partial charge in [0.15, 0.2) is 23.0 Å². The fraction of sp³-hybridized carbons (Fsp3) is 0.586. The average molecular weight is 680 g/mol. The van der Waals surface area contributed by atoms with Crippen LogP contribution in [0.25, 0.3) is 0 Å². The minimum atomic E-state index is 0. The lowest BCUT2D eigenvalue weighted by Crippen LogP contribution is -2.46. The number of fused-ring (bicyclic) bond motifs is 4. The number of nitrogens with one attached hydrogen (secondary N) is 1. The first-order chi connectivity index (χ1) is 17.1. The van der Waals surface area contributed by atoms with Crippen LogP contribution in [0.15, 0.2) is 24.3 Å². The Morgan fingerprint density at radius 2 is 1.16 bits per heavy atom. The van der Waals surface area contributed by atoms with Crippen molar-refractivity contribution in [3.63, 3.8) is 0 Å². The van der Waals surface area contributed by atoms with Crippen molar-refractivity contribution in [2.75, 3.05) is 48.1 Å². The van der Waals surface area contributed by atoms with Crippen LogP contribution in [0.3, 0.4) is 0 Å². The van der Waals surface area contributed by atoms with Crippen LogP contribution in [0.2, 0.25) is 0 Å². The number of ether oxygens (including phenoxy) is 4. The average Bonchev–Trinajstić information content (AvgIpc) is 2.91. The Morgan fingerprint density at radius 3 is 1.66 bits per heavy atom. The normalized spacial score (nSPS) is 20.5. The van der Waals surface area contributed by atoms with Gasteiger partial charge in [-0.1, -0.05) is 13.3 Å². The molecule has 0 amide bonds. The molecule has 262 valence electrons. The smallest absolute Gasteiger partial charge is 0.161 e. The van der Waals surface area contributed by atoms with E-state index in [2.05, 4.69) is 41.4 Å². The number of rotatable bonds is 7. The summed E-state index contributed by atoms with van der Waals surface area (Å²) in [5.74, 6) is 4.69. The first kappa shape index (κ1) is 51.4. The monoisotopic (exact) mass is 678 g/mol. The maximum absolute atomic E-state index is 5.68. The van der Waals surface area contributed by atoms with E-state index >= 15 is 0 Å². The van der Waals surface area contributed by atoms with E-state index in [9.17, 15) is 0 Å². The van der Waals surface area contributed by atoms with E-state index in [1.807, 2.05) is 0 Å². The van der Waals surface area contributed by atoms with Crippen LogP contribution in [0.5, 0.6) is 23.0 Å². The molecule has 1 fully saturated rings. The quantitative estimate of drug-likeness (QED) is 0.421. The summed E-state index contributed by atoms with van der Waals surface area (Å²) in [5, 5.41) is 3.83. The van der Waals surface area contributed by atoms with Crippen LogP contribution >= 0.6 is 24.8 Å². The molecule has 3 aliphatic heterocycles. The van der Waals surface area contributed by atoms with Gasteiger partial charge in [0.1, 0.15) is 0 Å². The first-order valence-corrected chi connectivity index (χ1v) is 13.1. The van der Waals surface area contributed by atoms with Gasteiger partial charge in [-0.3, -0.25) is 4.90 Å². The summed E-state index contributed by atoms with van der Waals surface area (Å²) in [5.41, 5.74) is 5.60. The highest BCUT2D eigenvalue weighted by molar-refractivity contribution is 5.85. The summed E-state index contributed by atoms with van der Waals surface area (Å²) in [6.07, 6.45) is 5.65. The highest BCUT2D eigenvalue weighted by Crippen LogP contribution is 2.48. The standard InChI is InChI=1S/C29H40N2O4.2ClH.7H2O/c1-6-18-17-31-10-8-20-14-27(33-3)29(35-5)16-23(20)25(31)12-21(18)11-24-22-15-28(34-4)26(32-2)13-19(22)7-9-30-24;;;;;;;;;/h13-16,18,21,24-25,30H,6-12,17H2,1-5H3;2*1H;7*1H2/t18-,21-,24+,25-;;;;;;;;;/m0........./s1. The third-order valence-corrected chi connectivity index (χ3v) is 8.64. The third-order valence-electron chi connectivity index (χ3n) is 8.64. The molecule has 2 aromatic rings. The summed E-state index contributed by atoms with van der Waals surface area (Å²) >= 11 is 0. The Morgan fingerprint density at radius 1 is 0.682 bits per heavy atom. The van der Waals surface area contributed by atoms with Gasteiger partial charge in [0, 0.05) is 25.2 Å². The SMILES string of the molecule is CC[C@H]1CN2CCc3cc(OC)c(OC)cc3[C@@H]2C[C@@H]1C[C@H]1NCCc2cc(OC)c(OC)cc21.Cl.Cl.O.O.O.O.O.O.O. The van der Waals surface area contributed by atoms with Crippen LogP contribution in [-0.4, -0.2) is 91.3 Å². The first-order valence-electron chi connectivity index (χ1n) is 13.1. The van der Waals surface area contributed by atoms with E-state index in [1.54, 1.807) is 28.4 Å². The molecule has 0 aliphatic carbocycles. The van der Waals surface area contributed by atoms with Crippen molar-refractivity contribution in [3.05, 3.63) is 46.5 Å². The molecule has 44 heavy (non-hydrogen) atoms. The molecule has 4 atom stereocenters. The zero-order valence-corrected chi connectivity index (χ0v) is 27.8. The van der Waals surface area contributed by atoms with Crippen LogP contribution in [0.4, 0.5) is 0 Å². The summed E-state index contributed by atoms with van der Waals surface area (Å²) in [6, 6.07) is 9.61. The molecule has 2 aromatic carbocycles. The van der Waals surface area contributed by atoms with Gasteiger partial charge >= 0.3 is 0 Å². The molecule has 0 unspecified atom stereocenters. The van der Waals surface area contributed by atoms with E-state index in [0.29, 0.717) is 23.9 Å². The minimum Gasteiger partial charge on any atom is -0.493 e. The lowest BCUT2D eigenvalue weighted by Gasteiger charge is -2.48. The van der Waals surface area contributed by atoms with Gasteiger partial charge in [0.25, 0.3) is 0 Å². The largest absolute Gasteiger partial charge is 0.493 e. The Kier molecular flexibility index (Phi) is 26.2. The van der Waals surface area contributed by atoms with Crippen molar-refractivity contribution in [1.82, 2.24) is 10.2 Å². The highest BCUT2D eigenvalue weighted by Gasteiger charge is 2.40. The summed E-state index contributed by atoms with van der Waals surface area (Å²) in [6.45, 7) is 5.66. The van der Waals surface area contributed by atoms with E-state index in [1.165, 1.54) is 41.6 Å². The van der Waals surface area contributed by atoms with Gasteiger partial charge in [-0.05, 0) is 90.6 Å². The number of hydrogen-bond donors (Lipinski definition) is 1. The Hall–Kier alpha value is -2.14. The van der Waals surface area contributed by atoms with Crippen LogP contribution in [0, 0.1) is 11.8 Å². The molecular weight excluding hydrogens is 623 g/mol. The predicted molar refractivity (Wildman–Crippen MR) is 178 cm³/mol. The highest BCUT2D eigenvalue weighted by atomic mass is 35.5.